The van der Waals surface area contributed by atoms with E-state index in [0.717, 1.165) is 25.9 Å². The largest absolute Gasteiger partial charge is 0.358 e. The molecular formula is C10H21N3O. The molecule has 14 heavy (non-hydrogen) atoms. The van der Waals surface area contributed by atoms with Crippen LogP contribution in [-0.4, -0.2) is 38.1 Å². The summed E-state index contributed by atoms with van der Waals surface area (Å²) < 4.78 is 0. The molecule has 2 atom stereocenters. The normalized spacial score (nSPS) is 25.1. The van der Waals surface area contributed by atoms with Gasteiger partial charge in [-0.2, -0.15) is 0 Å². The van der Waals surface area contributed by atoms with E-state index < -0.39 is 0 Å². The van der Waals surface area contributed by atoms with Crippen LogP contribution in [0.1, 0.15) is 26.2 Å². The minimum absolute atomic E-state index is 0.0715. The minimum atomic E-state index is -0.0805. The van der Waals surface area contributed by atoms with Gasteiger partial charge >= 0.3 is 0 Å². The Labute approximate surface area is 85.8 Å². The molecule has 0 aliphatic carbocycles. The summed E-state index contributed by atoms with van der Waals surface area (Å²) in [6, 6.07) is 0.403. The molecule has 1 rings (SSSR count). The van der Waals surface area contributed by atoms with Crippen molar-refractivity contribution in [1.29, 1.82) is 0 Å². The average Bonchev–Trinajstić information content (AvgIpc) is 2.45. The summed E-state index contributed by atoms with van der Waals surface area (Å²) in [5, 5.41) is 9.36. The molecule has 1 saturated heterocycles. The van der Waals surface area contributed by atoms with Crippen molar-refractivity contribution in [1.82, 2.24) is 16.0 Å². The molecule has 0 aromatic carbocycles. The molecule has 4 heteroatoms. The van der Waals surface area contributed by atoms with Crippen LogP contribution >= 0.6 is 0 Å². The highest BCUT2D eigenvalue weighted by Gasteiger charge is 2.17. The van der Waals surface area contributed by atoms with Gasteiger partial charge in [-0.15, -0.1) is 0 Å². The van der Waals surface area contributed by atoms with Crippen LogP contribution in [0.3, 0.4) is 0 Å². The topological polar surface area (TPSA) is 53.2 Å². The fourth-order valence-electron chi connectivity index (χ4n) is 1.83. The van der Waals surface area contributed by atoms with Gasteiger partial charge in [-0.3, -0.25) is 4.79 Å². The molecule has 82 valence electrons. The first kappa shape index (κ1) is 11.5. The van der Waals surface area contributed by atoms with Crippen LogP contribution in [0.5, 0.6) is 0 Å². The molecule has 0 spiro atoms. The second-order valence-electron chi connectivity index (χ2n) is 3.88. The number of rotatable bonds is 3. The van der Waals surface area contributed by atoms with Gasteiger partial charge in [0.05, 0.1) is 6.04 Å². The lowest BCUT2D eigenvalue weighted by molar-refractivity contribution is -0.122. The third kappa shape index (κ3) is 3.64. The molecule has 0 radical (unpaired) electrons. The van der Waals surface area contributed by atoms with Crippen LogP contribution in [0.15, 0.2) is 0 Å². The van der Waals surface area contributed by atoms with Gasteiger partial charge in [0.2, 0.25) is 5.91 Å². The summed E-state index contributed by atoms with van der Waals surface area (Å²) in [5.41, 5.74) is 0. The molecule has 1 aliphatic rings. The summed E-state index contributed by atoms with van der Waals surface area (Å²) >= 11 is 0. The molecule has 4 nitrogen and oxygen atoms in total. The van der Waals surface area contributed by atoms with Crippen LogP contribution < -0.4 is 16.0 Å². The standard InChI is InChI=1S/C10H21N3O/c1-8(10(14)11-2)13-9-4-3-6-12-7-5-9/h8-9,12-13H,3-7H2,1-2H3,(H,11,14). The van der Waals surface area contributed by atoms with Gasteiger partial charge in [0, 0.05) is 13.1 Å². The lowest BCUT2D eigenvalue weighted by Crippen LogP contribution is -2.45. The Kier molecular flexibility index (Phi) is 4.90. The summed E-state index contributed by atoms with van der Waals surface area (Å²) in [6.45, 7) is 4.07. The Morgan fingerprint density at radius 3 is 2.93 bits per heavy atom. The highest BCUT2D eigenvalue weighted by molar-refractivity contribution is 5.80. The molecule has 2 unspecified atom stereocenters. The van der Waals surface area contributed by atoms with Crippen LogP contribution in [-0.2, 0) is 4.79 Å². The number of likely N-dealkylation sites (N-methyl/N-ethyl adjacent to an activating group) is 1. The zero-order valence-corrected chi connectivity index (χ0v) is 9.10. The van der Waals surface area contributed by atoms with E-state index in [9.17, 15) is 4.79 Å². The maximum atomic E-state index is 11.3. The first-order valence-corrected chi connectivity index (χ1v) is 5.42. The van der Waals surface area contributed by atoms with Crippen LogP contribution in [0.4, 0.5) is 0 Å². The Morgan fingerprint density at radius 1 is 1.43 bits per heavy atom. The second kappa shape index (κ2) is 5.98. The van der Waals surface area contributed by atoms with Crippen molar-refractivity contribution < 1.29 is 4.79 Å². The van der Waals surface area contributed by atoms with Crippen LogP contribution in [0, 0.1) is 0 Å². The number of amides is 1. The number of carbonyl (C=O) groups is 1. The van der Waals surface area contributed by atoms with E-state index in [1.54, 1.807) is 7.05 Å². The Morgan fingerprint density at radius 2 is 2.21 bits per heavy atom. The van der Waals surface area contributed by atoms with Crippen LogP contribution in [0.25, 0.3) is 0 Å². The van der Waals surface area contributed by atoms with E-state index in [0.29, 0.717) is 6.04 Å². The van der Waals surface area contributed by atoms with Crippen molar-refractivity contribution in [3.05, 3.63) is 0 Å². The zero-order chi connectivity index (χ0) is 10.4. The highest BCUT2D eigenvalue weighted by Crippen LogP contribution is 2.05. The van der Waals surface area contributed by atoms with E-state index in [4.69, 9.17) is 0 Å². The zero-order valence-electron chi connectivity index (χ0n) is 9.10. The molecular weight excluding hydrogens is 178 g/mol. The number of nitrogens with one attached hydrogen (secondary N) is 3. The van der Waals surface area contributed by atoms with E-state index in [1.807, 2.05) is 6.92 Å². The summed E-state index contributed by atoms with van der Waals surface area (Å²) in [6.07, 6.45) is 3.47. The van der Waals surface area contributed by atoms with E-state index in [-0.39, 0.29) is 11.9 Å². The third-order valence-electron chi connectivity index (χ3n) is 2.70. The van der Waals surface area contributed by atoms with Gasteiger partial charge in [0.25, 0.3) is 0 Å². The third-order valence-corrected chi connectivity index (χ3v) is 2.70. The van der Waals surface area contributed by atoms with Gasteiger partial charge < -0.3 is 16.0 Å². The number of carbonyl (C=O) groups excluding carboxylic acids is 1. The predicted octanol–water partition coefficient (Wildman–Crippen LogP) is -0.147. The minimum Gasteiger partial charge on any atom is -0.358 e. The lowest BCUT2D eigenvalue weighted by atomic mass is 10.1. The first-order chi connectivity index (χ1) is 6.74. The quantitative estimate of drug-likeness (QED) is 0.592. The van der Waals surface area contributed by atoms with E-state index in [2.05, 4.69) is 16.0 Å². The maximum absolute atomic E-state index is 11.3. The summed E-state index contributed by atoms with van der Waals surface area (Å²) in [7, 11) is 1.68. The van der Waals surface area contributed by atoms with E-state index in [1.165, 1.54) is 6.42 Å². The average molecular weight is 199 g/mol. The van der Waals surface area contributed by atoms with Gasteiger partial charge in [-0.25, -0.2) is 0 Å². The predicted molar refractivity (Wildman–Crippen MR) is 57.2 cm³/mol. The monoisotopic (exact) mass is 199 g/mol. The van der Waals surface area contributed by atoms with Crippen molar-refractivity contribution in [2.24, 2.45) is 0 Å². The summed E-state index contributed by atoms with van der Waals surface area (Å²) in [5.74, 6) is 0.0715. The van der Waals surface area contributed by atoms with Gasteiger partial charge in [0.15, 0.2) is 0 Å². The Hall–Kier alpha value is -0.610. The smallest absolute Gasteiger partial charge is 0.236 e. The number of hydrogen-bond donors (Lipinski definition) is 3. The second-order valence-corrected chi connectivity index (χ2v) is 3.88. The molecule has 1 fully saturated rings. The van der Waals surface area contributed by atoms with E-state index >= 15 is 0 Å². The lowest BCUT2D eigenvalue weighted by Gasteiger charge is -2.20. The van der Waals surface area contributed by atoms with Crippen LogP contribution in [0.2, 0.25) is 0 Å². The van der Waals surface area contributed by atoms with Gasteiger partial charge in [-0.1, -0.05) is 0 Å². The summed E-state index contributed by atoms with van der Waals surface area (Å²) in [4.78, 5) is 11.3. The first-order valence-electron chi connectivity index (χ1n) is 5.42. The molecule has 1 aliphatic heterocycles. The molecule has 1 amide bonds. The van der Waals surface area contributed by atoms with Crippen molar-refractivity contribution in [3.8, 4) is 0 Å². The molecule has 0 aromatic heterocycles. The Balaban J connectivity index is 2.30. The number of hydrogen-bond acceptors (Lipinski definition) is 3. The van der Waals surface area contributed by atoms with Crippen molar-refractivity contribution in [2.75, 3.05) is 20.1 Å². The van der Waals surface area contributed by atoms with Crippen molar-refractivity contribution in [2.45, 2.75) is 38.3 Å². The van der Waals surface area contributed by atoms with Gasteiger partial charge in [-0.05, 0) is 39.3 Å². The fourth-order valence-corrected chi connectivity index (χ4v) is 1.83. The van der Waals surface area contributed by atoms with Gasteiger partial charge in [0.1, 0.15) is 0 Å². The Bertz CT molecular complexity index is 176. The molecule has 1 heterocycles. The van der Waals surface area contributed by atoms with Crippen molar-refractivity contribution >= 4 is 5.91 Å². The van der Waals surface area contributed by atoms with Crippen molar-refractivity contribution in [3.63, 3.8) is 0 Å². The molecule has 3 N–H and O–H groups in total. The molecule has 0 saturated carbocycles. The molecule has 0 bridgehead atoms. The molecule has 0 aromatic rings. The maximum Gasteiger partial charge on any atom is 0.236 e. The fraction of sp³-hybridized carbons (Fsp3) is 0.900. The highest BCUT2D eigenvalue weighted by atomic mass is 16.2. The SMILES string of the molecule is CNC(=O)C(C)NC1CCCNCC1.